The molecule has 9 heteroatoms. The normalized spacial score (nSPS) is 11.7. The second-order valence-electron chi connectivity index (χ2n) is 5.69. The Morgan fingerprint density at radius 3 is 2.62 bits per heavy atom. The Kier molecular flexibility index (Phi) is 4.84. The molecule has 0 aliphatic heterocycles. The minimum absolute atomic E-state index is 0.217. The van der Waals surface area contributed by atoms with Crippen molar-refractivity contribution in [3.8, 4) is 11.5 Å². The number of pyridine rings is 1. The van der Waals surface area contributed by atoms with E-state index in [1.54, 1.807) is 38.4 Å². The molecular weight excluding hydrogens is 358 g/mol. The summed E-state index contributed by atoms with van der Waals surface area (Å²) in [5.74, 6) is 1.24. The molecule has 0 aliphatic carbocycles. The van der Waals surface area contributed by atoms with E-state index in [0.717, 1.165) is 11.1 Å². The Balaban J connectivity index is 1.86. The minimum Gasteiger partial charge on any atom is -0.497 e. The van der Waals surface area contributed by atoms with Crippen LogP contribution in [0.15, 0.2) is 29.6 Å². The van der Waals surface area contributed by atoms with Crippen molar-refractivity contribution in [2.24, 2.45) is 0 Å². The van der Waals surface area contributed by atoms with Gasteiger partial charge in [0, 0.05) is 23.4 Å². The van der Waals surface area contributed by atoms with E-state index in [9.17, 15) is 8.42 Å². The topological polar surface area (TPSA) is 103 Å². The molecule has 8 nitrogen and oxygen atoms in total. The minimum atomic E-state index is -4.07. The van der Waals surface area contributed by atoms with E-state index in [0.29, 0.717) is 28.2 Å². The molecule has 3 rings (SSSR count). The molecular formula is C17H19N3O5S. The van der Waals surface area contributed by atoms with Crippen LogP contribution in [0.1, 0.15) is 16.8 Å². The third-order valence-electron chi connectivity index (χ3n) is 4.01. The Bertz CT molecular complexity index is 1060. The van der Waals surface area contributed by atoms with Gasteiger partial charge in [-0.25, -0.2) is 4.98 Å². The lowest BCUT2D eigenvalue weighted by atomic mass is 10.1. The zero-order chi connectivity index (χ0) is 18.9. The van der Waals surface area contributed by atoms with Crippen molar-refractivity contribution >= 4 is 21.2 Å². The summed E-state index contributed by atoms with van der Waals surface area (Å²) in [5, 5.41) is -0.266. The summed E-state index contributed by atoms with van der Waals surface area (Å²) in [7, 11) is -0.992. The number of aryl methyl sites for hydroxylation is 1. The molecule has 0 unspecified atom stereocenters. The van der Waals surface area contributed by atoms with Gasteiger partial charge in [-0.05, 0) is 26.0 Å². The number of aromatic nitrogens is 3. The maximum atomic E-state index is 12.5. The lowest BCUT2D eigenvalue weighted by Gasteiger charge is -2.12. The van der Waals surface area contributed by atoms with Gasteiger partial charge >= 0.3 is 10.1 Å². The van der Waals surface area contributed by atoms with Crippen LogP contribution in [0.4, 0.5) is 0 Å². The third kappa shape index (κ3) is 3.35. The van der Waals surface area contributed by atoms with E-state index in [-0.39, 0.29) is 11.8 Å². The maximum Gasteiger partial charge on any atom is 0.331 e. The predicted octanol–water partition coefficient (Wildman–Crippen LogP) is 2.50. The molecule has 0 saturated heterocycles. The van der Waals surface area contributed by atoms with Crippen LogP contribution in [-0.4, -0.2) is 37.6 Å². The van der Waals surface area contributed by atoms with Gasteiger partial charge in [0.05, 0.1) is 30.9 Å². The van der Waals surface area contributed by atoms with Crippen molar-refractivity contribution < 1.29 is 22.1 Å². The first-order chi connectivity index (χ1) is 12.4. The number of rotatable bonds is 6. The molecule has 0 aliphatic rings. The van der Waals surface area contributed by atoms with Crippen molar-refractivity contribution in [1.82, 2.24) is 15.0 Å². The lowest BCUT2D eigenvalue weighted by molar-refractivity contribution is 0.298. The van der Waals surface area contributed by atoms with Crippen LogP contribution in [0.2, 0.25) is 0 Å². The average molecular weight is 377 g/mol. The van der Waals surface area contributed by atoms with Crippen molar-refractivity contribution in [2.75, 3.05) is 14.2 Å². The number of methoxy groups -OCH3 is 2. The standard InChI is InChI=1S/C17H19N3O5S/c1-10-8-18-15(11(2)16(10)24-4)9-25-26(21,22)17-19-13-6-5-12(23-3)7-14(13)20-17/h5-8H,9H2,1-4H3,(H,19,20). The van der Waals surface area contributed by atoms with Crippen molar-refractivity contribution in [2.45, 2.75) is 25.6 Å². The molecule has 3 aromatic rings. The molecule has 1 N–H and O–H groups in total. The van der Waals surface area contributed by atoms with Gasteiger partial charge in [-0.3, -0.25) is 9.17 Å². The summed E-state index contributed by atoms with van der Waals surface area (Å²) in [4.78, 5) is 11.1. The fraction of sp³-hybridized carbons (Fsp3) is 0.294. The van der Waals surface area contributed by atoms with Crippen molar-refractivity contribution in [1.29, 1.82) is 0 Å². The molecule has 2 aromatic heterocycles. The highest BCUT2D eigenvalue weighted by atomic mass is 32.2. The number of benzene rings is 1. The molecule has 1 aromatic carbocycles. The number of hydrogen-bond donors (Lipinski definition) is 1. The molecule has 138 valence electrons. The largest absolute Gasteiger partial charge is 0.497 e. The molecule has 0 amide bonds. The van der Waals surface area contributed by atoms with Crippen LogP contribution in [0.3, 0.4) is 0 Å². The van der Waals surface area contributed by atoms with Gasteiger partial charge in [-0.1, -0.05) is 0 Å². The van der Waals surface area contributed by atoms with Gasteiger partial charge < -0.3 is 14.5 Å². The van der Waals surface area contributed by atoms with Crippen LogP contribution in [0.5, 0.6) is 11.5 Å². The van der Waals surface area contributed by atoms with E-state index in [1.165, 1.54) is 7.11 Å². The number of aromatic amines is 1. The zero-order valence-corrected chi connectivity index (χ0v) is 15.7. The quantitative estimate of drug-likeness (QED) is 0.658. The van der Waals surface area contributed by atoms with Crippen LogP contribution < -0.4 is 9.47 Å². The Morgan fingerprint density at radius 2 is 1.92 bits per heavy atom. The molecule has 0 spiro atoms. The lowest BCUT2D eigenvalue weighted by Crippen LogP contribution is -2.10. The molecule has 2 heterocycles. The summed E-state index contributed by atoms with van der Waals surface area (Å²) in [6.45, 7) is 3.45. The first-order valence-corrected chi connectivity index (χ1v) is 9.19. The van der Waals surface area contributed by atoms with Gasteiger partial charge in [0.25, 0.3) is 5.16 Å². The summed E-state index contributed by atoms with van der Waals surface area (Å²) < 4.78 is 40.5. The van der Waals surface area contributed by atoms with Crippen molar-refractivity contribution in [3.05, 3.63) is 41.2 Å². The average Bonchev–Trinajstić information content (AvgIpc) is 3.05. The SMILES string of the molecule is COc1ccc2[nH]c(S(=O)(=O)OCc3ncc(C)c(OC)c3C)nc2c1. The highest BCUT2D eigenvalue weighted by Gasteiger charge is 2.22. The van der Waals surface area contributed by atoms with E-state index < -0.39 is 10.1 Å². The highest BCUT2D eigenvalue weighted by Crippen LogP contribution is 2.26. The predicted molar refractivity (Wildman–Crippen MR) is 94.9 cm³/mol. The monoisotopic (exact) mass is 377 g/mol. The third-order valence-corrected chi connectivity index (χ3v) is 5.10. The van der Waals surface area contributed by atoms with Crippen molar-refractivity contribution in [3.63, 3.8) is 0 Å². The van der Waals surface area contributed by atoms with Crippen LogP contribution in [0.25, 0.3) is 11.0 Å². The van der Waals surface area contributed by atoms with E-state index >= 15 is 0 Å². The van der Waals surface area contributed by atoms with Gasteiger partial charge in [0.1, 0.15) is 18.1 Å². The number of hydrogen-bond acceptors (Lipinski definition) is 7. The number of nitrogens with one attached hydrogen (secondary N) is 1. The number of H-pyrrole nitrogens is 1. The Morgan fingerprint density at radius 1 is 1.15 bits per heavy atom. The molecule has 0 saturated carbocycles. The van der Waals surface area contributed by atoms with Gasteiger partial charge in [0.2, 0.25) is 0 Å². The Hall–Kier alpha value is -2.65. The van der Waals surface area contributed by atoms with Gasteiger partial charge in [-0.15, -0.1) is 0 Å². The summed E-state index contributed by atoms with van der Waals surface area (Å²) in [5.41, 5.74) is 3.12. The van der Waals surface area contributed by atoms with E-state index in [1.807, 2.05) is 6.92 Å². The first kappa shape index (κ1) is 18.2. The highest BCUT2D eigenvalue weighted by molar-refractivity contribution is 7.86. The summed E-state index contributed by atoms with van der Waals surface area (Å²) in [6.07, 6.45) is 1.62. The second-order valence-corrected chi connectivity index (χ2v) is 7.22. The van der Waals surface area contributed by atoms with E-state index in [4.69, 9.17) is 13.7 Å². The second kappa shape index (κ2) is 6.93. The molecule has 0 atom stereocenters. The summed E-state index contributed by atoms with van der Waals surface area (Å²) in [6, 6.07) is 5.04. The number of fused-ring (bicyclic) bond motifs is 1. The Labute approximate surface area is 151 Å². The zero-order valence-electron chi connectivity index (χ0n) is 14.9. The number of ether oxygens (including phenoxy) is 2. The molecule has 0 bridgehead atoms. The van der Waals surface area contributed by atoms with Crippen LogP contribution in [-0.2, 0) is 20.9 Å². The van der Waals surface area contributed by atoms with Gasteiger partial charge in [-0.2, -0.15) is 8.42 Å². The first-order valence-electron chi connectivity index (χ1n) is 7.78. The fourth-order valence-corrected chi connectivity index (χ4v) is 3.44. The number of imidazole rings is 1. The van der Waals surface area contributed by atoms with E-state index in [2.05, 4.69) is 15.0 Å². The smallest absolute Gasteiger partial charge is 0.331 e. The molecule has 26 heavy (non-hydrogen) atoms. The maximum absolute atomic E-state index is 12.5. The van der Waals surface area contributed by atoms with Crippen LogP contribution in [0, 0.1) is 13.8 Å². The molecule has 0 fully saturated rings. The van der Waals surface area contributed by atoms with Gasteiger partial charge in [0.15, 0.2) is 0 Å². The number of nitrogens with zero attached hydrogens (tertiary/aromatic N) is 2. The summed E-state index contributed by atoms with van der Waals surface area (Å²) >= 11 is 0. The van der Waals surface area contributed by atoms with Crippen LogP contribution >= 0.6 is 0 Å². The fourth-order valence-electron chi connectivity index (χ4n) is 2.61. The molecule has 0 radical (unpaired) electrons.